The summed E-state index contributed by atoms with van der Waals surface area (Å²) in [6.07, 6.45) is 0.925. The highest BCUT2D eigenvalue weighted by atomic mass is 16.5. The molecule has 0 aliphatic heterocycles. The van der Waals surface area contributed by atoms with Crippen molar-refractivity contribution in [3.05, 3.63) is 76.6 Å². The molecule has 0 saturated carbocycles. The van der Waals surface area contributed by atoms with Crippen LogP contribution in [0.25, 0.3) is 44.4 Å². The molecule has 0 unspecified atom stereocenters. The second-order valence-electron chi connectivity index (χ2n) is 7.89. The van der Waals surface area contributed by atoms with Gasteiger partial charge in [-0.25, -0.2) is 0 Å². The Kier molecular flexibility index (Phi) is 5.41. The highest BCUT2D eigenvalue weighted by Crippen LogP contribution is 2.41. The van der Waals surface area contributed by atoms with Crippen LogP contribution in [-0.4, -0.2) is 30.4 Å². The molecule has 2 N–H and O–H groups in total. The van der Waals surface area contributed by atoms with Gasteiger partial charge in [-0.05, 0) is 42.0 Å². The first-order valence-electron chi connectivity index (χ1n) is 10.6. The van der Waals surface area contributed by atoms with Crippen LogP contribution in [0.1, 0.15) is 5.56 Å². The summed E-state index contributed by atoms with van der Waals surface area (Å²) in [6, 6.07) is 15.1. The Balaban J connectivity index is 1.78. The topological polar surface area (TPSA) is 119 Å². The predicted molar refractivity (Wildman–Crippen MR) is 129 cm³/mol. The zero-order valence-corrected chi connectivity index (χ0v) is 18.8. The fraction of sp³-hybridized carbons (Fsp3) is 0.111. The van der Waals surface area contributed by atoms with Gasteiger partial charge >= 0.3 is 5.97 Å². The number of aliphatic carboxylic acids is 1. The molecule has 2 heterocycles. The van der Waals surface area contributed by atoms with Gasteiger partial charge in [-0.1, -0.05) is 12.1 Å². The van der Waals surface area contributed by atoms with Gasteiger partial charge in [0.2, 0.25) is 5.43 Å². The first-order valence-corrected chi connectivity index (χ1v) is 10.6. The lowest BCUT2D eigenvalue weighted by Crippen LogP contribution is -2.06. The van der Waals surface area contributed by atoms with E-state index in [1.54, 1.807) is 62.8 Å². The third kappa shape index (κ3) is 3.74. The normalized spacial score (nSPS) is 11.1. The van der Waals surface area contributed by atoms with E-state index in [0.29, 0.717) is 39.3 Å². The summed E-state index contributed by atoms with van der Waals surface area (Å²) >= 11 is 0. The lowest BCUT2D eigenvalue weighted by atomic mass is 9.99. The molecule has 2 aromatic heterocycles. The van der Waals surface area contributed by atoms with E-state index in [1.165, 1.54) is 12.3 Å². The van der Waals surface area contributed by atoms with E-state index < -0.39 is 11.4 Å². The van der Waals surface area contributed by atoms with Crippen LogP contribution >= 0.6 is 0 Å². The molecule has 35 heavy (non-hydrogen) atoms. The number of ether oxygens (including phenoxy) is 2. The van der Waals surface area contributed by atoms with E-state index in [4.69, 9.17) is 18.3 Å². The molecule has 0 aliphatic rings. The van der Waals surface area contributed by atoms with E-state index in [-0.39, 0.29) is 34.3 Å². The molecule has 8 heteroatoms. The molecule has 0 radical (unpaired) electrons. The molecule has 0 amide bonds. The van der Waals surface area contributed by atoms with Crippen LogP contribution < -0.4 is 14.9 Å². The molecule has 0 fully saturated rings. The van der Waals surface area contributed by atoms with Crippen molar-refractivity contribution in [2.75, 3.05) is 14.2 Å². The number of phenols is 1. The molecule has 3 aromatic carbocycles. The fourth-order valence-electron chi connectivity index (χ4n) is 4.18. The van der Waals surface area contributed by atoms with Gasteiger partial charge in [0.05, 0.1) is 31.6 Å². The van der Waals surface area contributed by atoms with Crippen molar-refractivity contribution in [1.82, 2.24) is 0 Å². The Labute approximate surface area is 198 Å². The number of furan rings is 1. The number of aromatic hydroxyl groups is 1. The highest BCUT2D eigenvalue weighted by molar-refractivity contribution is 6.10. The maximum Gasteiger partial charge on any atom is 0.307 e. The van der Waals surface area contributed by atoms with E-state index >= 15 is 0 Å². The average molecular weight is 472 g/mol. The standard InChI is InChI=1S/C27H20O8/c1-32-16-7-3-14(4-8-16)19-13-34-27-23-18(11-22(29)30)26(15-5-9-17(33-2)10-6-15)35-21(23)12-20(28)24(27)25(19)31/h3-10,12-13,28H,11H2,1-2H3,(H,29,30). The van der Waals surface area contributed by atoms with Crippen molar-refractivity contribution < 1.29 is 33.3 Å². The monoisotopic (exact) mass is 472 g/mol. The molecular weight excluding hydrogens is 452 g/mol. The van der Waals surface area contributed by atoms with Crippen LogP contribution in [0.15, 0.2) is 74.5 Å². The van der Waals surface area contributed by atoms with E-state index in [2.05, 4.69) is 0 Å². The molecular formula is C27H20O8. The number of phenolic OH excluding ortho intramolecular Hbond substituents is 1. The Morgan fingerprint density at radius 1 is 0.914 bits per heavy atom. The Bertz CT molecular complexity index is 1620. The molecule has 176 valence electrons. The number of methoxy groups -OCH3 is 2. The fourth-order valence-corrected chi connectivity index (χ4v) is 4.18. The highest BCUT2D eigenvalue weighted by Gasteiger charge is 2.25. The van der Waals surface area contributed by atoms with Gasteiger partial charge < -0.3 is 28.5 Å². The van der Waals surface area contributed by atoms with Gasteiger partial charge in [-0.2, -0.15) is 0 Å². The summed E-state index contributed by atoms with van der Waals surface area (Å²) in [5.41, 5.74) is 1.58. The van der Waals surface area contributed by atoms with Gasteiger partial charge in [0, 0.05) is 17.2 Å². The maximum atomic E-state index is 13.4. The summed E-state index contributed by atoms with van der Waals surface area (Å²) < 4.78 is 22.2. The van der Waals surface area contributed by atoms with Crippen LogP contribution in [0.4, 0.5) is 0 Å². The average Bonchev–Trinajstić information content (AvgIpc) is 3.21. The molecule has 0 saturated heterocycles. The summed E-state index contributed by atoms with van der Waals surface area (Å²) in [7, 11) is 3.09. The second-order valence-corrected chi connectivity index (χ2v) is 7.89. The third-order valence-corrected chi connectivity index (χ3v) is 5.86. The molecule has 5 aromatic rings. The van der Waals surface area contributed by atoms with E-state index in [0.717, 1.165) is 0 Å². The predicted octanol–water partition coefficient (Wildman–Crippen LogP) is 5.22. The molecule has 0 spiro atoms. The van der Waals surface area contributed by atoms with Crippen molar-refractivity contribution >= 4 is 27.9 Å². The molecule has 8 nitrogen and oxygen atoms in total. The minimum Gasteiger partial charge on any atom is -0.507 e. The number of rotatable bonds is 6. The van der Waals surface area contributed by atoms with Crippen molar-refractivity contribution in [3.8, 4) is 39.7 Å². The van der Waals surface area contributed by atoms with Crippen molar-refractivity contribution in [2.45, 2.75) is 6.42 Å². The quantitative estimate of drug-likeness (QED) is 0.345. The third-order valence-electron chi connectivity index (χ3n) is 5.86. The summed E-state index contributed by atoms with van der Waals surface area (Å²) in [4.78, 5) is 25.2. The molecule has 0 bridgehead atoms. The summed E-state index contributed by atoms with van der Waals surface area (Å²) in [6.45, 7) is 0. The number of carboxylic acids is 1. The van der Waals surface area contributed by atoms with E-state index in [1.807, 2.05) is 0 Å². The largest absolute Gasteiger partial charge is 0.507 e. The number of benzene rings is 3. The molecule has 5 rings (SSSR count). The van der Waals surface area contributed by atoms with Crippen LogP contribution in [0.3, 0.4) is 0 Å². The Hall–Kier alpha value is -4.72. The number of fused-ring (bicyclic) bond motifs is 3. The van der Waals surface area contributed by atoms with Crippen LogP contribution in [0.5, 0.6) is 17.2 Å². The zero-order chi connectivity index (χ0) is 24.7. The zero-order valence-electron chi connectivity index (χ0n) is 18.8. The van der Waals surface area contributed by atoms with E-state index in [9.17, 15) is 19.8 Å². The van der Waals surface area contributed by atoms with Gasteiger partial charge in [0.15, 0.2) is 5.58 Å². The smallest absolute Gasteiger partial charge is 0.307 e. The van der Waals surface area contributed by atoms with Crippen molar-refractivity contribution in [2.24, 2.45) is 0 Å². The van der Waals surface area contributed by atoms with Gasteiger partial charge in [0.25, 0.3) is 0 Å². The minimum atomic E-state index is -1.08. The maximum absolute atomic E-state index is 13.4. The Morgan fingerprint density at radius 3 is 2.09 bits per heavy atom. The van der Waals surface area contributed by atoms with Gasteiger partial charge in [0.1, 0.15) is 40.2 Å². The van der Waals surface area contributed by atoms with Crippen LogP contribution in [-0.2, 0) is 11.2 Å². The second kappa shape index (κ2) is 8.57. The number of carbonyl (C=O) groups is 1. The SMILES string of the molecule is COc1ccc(-c2oc3cc(O)c4c(=O)c(-c5ccc(OC)cc5)coc4c3c2CC(=O)O)cc1. The lowest BCUT2D eigenvalue weighted by Gasteiger charge is -2.07. The molecule has 0 aliphatic carbocycles. The molecule has 0 atom stereocenters. The first-order chi connectivity index (χ1) is 16.9. The lowest BCUT2D eigenvalue weighted by molar-refractivity contribution is -0.136. The summed E-state index contributed by atoms with van der Waals surface area (Å²) in [5, 5.41) is 20.6. The van der Waals surface area contributed by atoms with Crippen LogP contribution in [0, 0.1) is 0 Å². The number of hydrogen-bond donors (Lipinski definition) is 2. The first kappa shape index (κ1) is 22.1. The summed E-state index contributed by atoms with van der Waals surface area (Å²) in [5.74, 6) is 0.157. The van der Waals surface area contributed by atoms with Gasteiger partial charge in [-0.3, -0.25) is 9.59 Å². The minimum absolute atomic E-state index is 0.0560. The Morgan fingerprint density at radius 2 is 1.51 bits per heavy atom. The number of hydrogen-bond acceptors (Lipinski definition) is 7. The van der Waals surface area contributed by atoms with Crippen molar-refractivity contribution in [3.63, 3.8) is 0 Å². The van der Waals surface area contributed by atoms with Crippen LogP contribution in [0.2, 0.25) is 0 Å². The number of carboxylic acid groups (broad SMARTS) is 1. The van der Waals surface area contributed by atoms with Crippen molar-refractivity contribution in [1.29, 1.82) is 0 Å². The van der Waals surface area contributed by atoms with Gasteiger partial charge in [-0.15, -0.1) is 0 Å².